The molecule has 0 heterocycles. The molecule has 0 fully saturated rings. The SMILES string of the molecule is CC(C)[C@@H](C)C(C)(F)F. The average molecular weight is 136 g/mol. The first-order valence-electron chi connectivity index (χ1n) is 3.23. The molecule has 2 heteroatoms. The van der Waals surface area contributed by atoms with Gasteiger partial charge in [-0.05, 0) is 12.8 Å². The molecule has 0 rings (SSSR count). The van der Waals surface area contributed by atoms with Crippen molar-refractivity contribution in [2.45, 2.75) is 33.6 Å². The molecule has 0 aromatic heterocycles. The molecule has 56 valence electrons. The first-order valence-corrected chi connectivity index (χ1v) is 3.23. The van der Waals surface area contributed by atoms with Crippen LogP contribution < -0.4 is 0 Å². The summed E-state index contributed by atoms with van der Waals surface area (Å²) in [4.78, 5) is 0. The van der Waals surface area contributed by atoms with Crippen molar-refractivity contribution in [1.29, 1.82) is 0 Å². The molecule has 9 heavy (non-hydrogen) atoms. The van der Waals surface area contributed by atoms with E-state index in [1.165, 1.54) is 0 Å². The van der Waals surface area contributed by atoms with Gasteiger partial charge in [0.2, 0.25) is 5.92 Å². The molecule has 0 nitrogen and oxygen atoms in total. The maximum atomic E-state index is 12.4. The summed E-state index contributed by atoms with van der Waals surface area (Å²) >= 11 is 0. The summed E-state index contributed by atoms with van der Waals surface area (Å²) in [6.07, 6.45) is 0. The smallest absolute Gasteiger partial charge is 0.207 e. The van der Waals surface area contributed by atoms with Crippen molar-refractivity contribution in [3.8, 4) is 0 Å². The zero-order valence-corrected chi connectivity index (χ0v) is 6.41. The van der Waals surface area contributed by atoms with Crippen LogP contribution in [-0.4, -0.2) is 5.92 Å². The van der Waals surface area contributed by atoms with E-state index in [4.69, 9.17) is 0 Å². The summed E-state index contributed by atoms with van der Waals surface area (Å²) in [6, 6.07) is 0. The Bertz CT molecular complexity index is 81.4. The first kappa shape index (κ1) is 8.86. The van der Waals surface area contributed by atoms with Gasteiger partial charge in [-0.25, -0.2) is 8.78 Å². The second-order valence-electron chi connectivity index (χ2n) is 2.99. The molecular formula is C7H14F2. The molecule has 0 saturated heterocycles. The fourth-order valence-electron chi connectivity index (χ4n) is 0.585. The summed E-state index contributed by atoms with van der Waals surface area (Å²) in [5, 5.41) is 0. The summed E-state index contributed by atoms with van der Waals surface area (Å²) in [7, 11) is 0. The van der Waals surface area contributed by atoms with E-state index in [0.717, 1.165) is 6.92 Å². The molecule has 0 amide bonds. The fraction of sp³-hybridized carbons (Fsp3) is 1.00. The Morgan fingerprint density at radius 2 is 1.44 bits per heavy atom. The van der Waals surface area contributed by atoms with Crippen molar-refractivity contribution < 1.29 is 8.78 Å². The number of alkyl halides is 2. The Morgan fingerprint density at radius 3 is 1.44 bits per heavy atom. The summed E-state index contributed by atoms with van der Waals surface area (Å²) in [5.74, 6) is -2.98. The third kappa shape index (κ3) is 2.78. The monoisotopic (exact) mass is 136 g/mol. The van der Waals surface area contributed by atoms with Gasteiger partial charge >= 0.3 is 0 Å². The lowest BCUT2D eigenvalue weighted by atomic mass is 9.93. The Kier molecular flexibility index (Phi) is 2.59. The van der Waals surface area contributed by atoms with E-state index < -0.39 is 11.8 Å². The number of hydrogen-bond acceptors (Lipinski definition) is 0. The van der Waals surface area contributed by atoms with Crippen LogP contribution in [0.5, 0.6) is 0 Å². The van der Waals surface area contributed by atoms with Gasteiger partial charge in [0.1, 0.15) is 0 Å². The number of hydrogen-bond donors (Lipinski definition) is 0. The lowest BCUT2D eigenvalue weighted by molar-refractivity contribution is -0.0493. The minimum absolute atomic E-state index is 0.0602. The highest BCUT2D eigenvalue weighted by atomic mass is 19.3. The van der Waals surface area contributed by atoms with Crippen LogP contribution in [0.2, 0.25) is 0 Å². The molecule has 0 aromatic carbocycles. The highest BCUT2D eigenvalue weighted by Crippen LogP contribution is 2.28. The zero-order chi connectivity index (χ0) is 7.65. The van der Waals surface area contributed by atoms with Gasteiger partial charge in [0.05, 0.1) is 0 Å². The molecule has 0 saturated carbocycles. The number of rotatable bonds is 2. The molecule has 0 bridgehead atoms. The van der Waals surface area contributed by atoms with Gasteiger partial charge in [-0.15, -0.1) is 0 Å². The van der Waals surface area contributed by atoms with E-state index in [2.05, 4.69) is 0 Å². The normalized spacial score (nSPS) is 16.3. The van der Waals surface area contributed by atoms with Gasteiger partial charge in [0, 0.05) is 5.92 Å². The summed E-state index contributed by atoms with van der Waals surface area (Å²) in [5.41, 5.74) is 0. The van der Waals surface area contributed by atoms with Crippen LogP contribution in [-0.2, 0) is 0 Å². The third-order valence-corrected chi connectivity index (χ3v) is 1.80. The minimum Gasteiger partial charge on any atom is -0.207 e. The second kappa shape index (κ2) is 2.63. The Labute approximate surface area is 55.3 Å². The van der Waals surface area contributed by atoms with E-state index in [0.29, 0.717) is 0 Å². The lowest BCUT2D eigenvalue weighted by Crippen LogP contribution is -2.25. The zero-order valence-electron chi connectivity index (χ0n) is 6.41. The van der Waals surface area contributed by atoms with Crippen LogP contribution in [0, 0.1) is 11.8 Å². The molecule has 0 spiro atoms. The topological polar surface area (TPSA) is 0 Å². The standard InChI is InChI=1S/C7H14F2/c1-5(2)6(3)7(4,8)9/h5-6H,1-4H3/t6-/m1/s1. The van der Waals surface area contributed by atoms with Gasteiger partial charge in [-0.1, -0.05) is 20.8 Å². The molecular weight excluding hydrogens is 122 g/mol. The Balaban J connectivity index is 3.88. The Morgan fingerprint density at radius 1 is 1.11 bits per heavy atom. The maximum Gasteiger partial charge on any atom is 0.248 e. The van der Waals surface area contributed by atoms with Crippen LogP contribution >= 0.6 is 0 Å². The Hall–Kier alpha value is -0.140. The molecule has 0 aliphatic carbocycles. The predicted octanol–water partition coefficient (Wildman–Crippen LogP) is 2.93. The largest absolute Gasteiger partial charge is 0.248 e. The van der Waals surface area contributed by atoms with Crippen molar-refractivity contribution in [3.05, 3.63) is 0 Å². The van der Waals surface area contributed by atoms with Crippen LogP contribution in [0.25, 0.3) is 0 Å². The second-order valence-corrected chi connectivity index (χ2v) is 2.99. The van der Waals surface area contributed by atoms with Crippen molar-refractivity contribution in [2.24, 2.45) is 11.8 Å². The third-order valence-electron chi connectivity index (χ3n) is 1.80. The van der Waals surface area contributed by atoms with Crippen LogP contribution in [0.3, 0.4) is 0 Å². The van der Waals surface area contributed by atoms with Gasteiger partial charge < -0.3 is 0 Å². The van der Waals surface area contributed by atoms with Gasteiger partial charge in [-0.2, -0.15) is 0 Å². The first-order chi connectivity index (χ1) is 3.85. The quantitative estimate of drug-likeness (QED) is 0.547. The van der Waals surface area contributed by atoms with Crippen molar-refractivity contribution in [2.75, 3.05) is 0 Å². The van der Waals surface area contributed by atoms with E-state index in [1.807, 2.05) is 13.8 Å². The van der Waals surface area contributed by atoms with Crippen LogP contribution in [0.15, 0.2) is 0 Å². The van der Waals surface area contributed by atoms with Crippen molar-refractivity contribution in [1.82, 2.24) is 0 Å². The average Bonchev–Trinajstić information content (AvgIpc) is 1.62. The molecule has 0 radical (unpaired) electrons. The fourth-order valence-corrected chi connectivity index (χ4v) is 0.585. The molecule has 0 unspecified atom stereocenters. The van der Waals surface area contributed by atoms with Gasteiger partial charge in [-0.3, -0.25) is 0 Å². The molecule has 0 aliphatic heterocycles. The van der Waals surface area contributed by atoms with Crippen LogP contribution in [0.4, 0.5) is 8.78 Å². The highest BCUT2D eigenvalue weighted by Gasteiger charge is 2.31. The molecule has 0 N–H and O–H groups in total. The molecule has 0 aliphatic rings. The van der Waals surface area contributed by atoms with E-state index >= 15 is 0 Å². The van der Waals surface area contributed by atoms with E-state index in [-0.39, 0.29) is 5.92 Å². The van der Waals surface area contributed by atoms with Crippen molar-refractivity contribution in [3.63, 3.8) is 0 Å². The van der Waals surface area contributed by atoms with Crippen LogP contribution in [0.1, 0.15) is 27.7 Å². The van der Waals surface area contributed by atoms with Crippen molar-refractivity contribution >= 4 is 0 Å². The molecule has 0 aromatic rings. The van der Waals surface area contributed by atoms with E-state index in [1.54, 1.807) is 6.92 Å². The highest BCUT2D eigenvalue weighted by molar-refractivity contribution is 4.70. The maximum absolute atomic E-state index is 12.4. The number of halogens is 2. The lowest BCUT2D eigenvalue weighted by Gasteiger charge is -2.22. The summed E-state index contributed by atoms with van der Waals surface area (Å²) in [6.45, 7) is 6.16. The van der Waals surface area contributed by atoms with E-state index in [9.17, 15) is 8.78 Å². The minimum atomic E-state index is -2.52. The predicted molar refractivity (Wildman–Crippen MR) is 34.6 cm³/mol. The van der Waals surface area contributed by atoms with Gasteiger partial charge in [0.25, 0.3) is 0 Å². The summed E-state index contributed by atoms with van der Waals surface area (Å²) < 4.78 is 24.7. The molecule has 1 atom stereocenters. The van der Waals surface area contributed by atoms with Gasteiger partial charge in [0.15, 0.2) is 0 Å².